The van der Waals surface area contributed by atoms with E-state index in [1.807, 2.05) is 0 Å². The van der Waals surface area contributed by atoms with Crippen molar-refractivity contribution < 1.29 is 8.83 Å². The number of fused-ring (bicyclic) bond motifs is 14. The fourth-order valence-electron chi connectivity index (χ4n) is 14.8. The highest BCUT2D eigenvalue weighted by atomic mass is 16.3. The van der Waals surface area contributed by atoms with Crippen molar-refractivity contribution in [2.75, 3.05) is 19.6 Å². The average Bonchev–Trinajstić information content (AvgIpc) is 1.54. The molecule has 0 radical (unpaired) electrons. The van der Waals surface area contributed by atoms with Crippen LogP contribution in [0.5, 0.6) is 0 Å². The molecule has 16 aromatic carbocycles. The van der Waals surface area contributed by atoms with E-state index in [1.54, 1.807) is 0 Å². The Labute approximate surface area is 556 Å². The van der Waals surface area contributed by atoms with E-state index >= 15 is 0 Å². The Hall–Kier alpha value is -12.6. The molecular weight excluding hydrogens is 1170 g/mol. The van der Waals surface area contributed by atoms with Crippen LogP contribution in [0.2, 0.25) is 0 Å². The van der Waals surface area contributed by atoms with E-state index < -0.39 is 0 Å². The summed E-state index contributed by atoms with van der Waals surface area (Å²) in [6.07, 6.45) is 0. The van der Waals surface area contributed by atoms with Crippen LogP contribution in [0.25, 0.3) is 98.1 Å². The van der Waals surface area contributed by atoms with E-state index in [-0.39, 0.29) is 0 Å². The lowest BCUT2D eigenvalue weighted by atomic mass is 9.96. The normalized spacial score (nSPS) is 11.6. The van der Waals surface area contributed by atoms with Gasteiger partial charge in [0.1, 0.15) is 0 Å². The lowest BCUT2D eigenvalue weighted by Gasteiger charge is -2.28. The maximum Gasteiger partial charge on any atom is 0.160 e. The highest BCUT2D eigenvalue weighted by Crippen LogP contribution is 2.54. The highest BCUT2D eigenvalue weighted by Gasteiger charge is 2.30. The first-order chi connectivity index (χ1) is 47.5. The fourth-order valence-corrected chi connectivity index (χ4v) is 14.8. The molecule has 0 amide bonds. The first-order valence-electron chi connectivity index (χ1n) is 32.8. The summed E-state index contributed by atoms with van der Waals surface area (Å²) in [5.41, 5.74) is 19.8. The Bertz CT molecular complexity index is 5950. The number of benzene rings is 16. The van der Waals surface area contributed by atoms with Gasteiger partial charge in [-0.05, 0) is 194 Å². The quantitative estimate of drug-likeness (QED) is 0.115. The second-order valence-electron chi connectivity index (χ2n) is 24.8. The molecule has 0 atom stereocenters. The standard InChI is InChI=1S/C90H62N4O2/c1-59-28-18-27-47-77(59)93(70-39-14-6-15-40-70)81-57-65-31-21-25-45-75(65)85-86-76-46-26-22-32-66(76)58-82(90(86)96-89(81)85)94(71-41-16-7-17-42-71)78-53-50-62(54-60(78)2)61-48-51-72(52-49-61)92(69-37-12-5-13-38-69)80-56-64-30-20-24-44-74(64)84-83-73-43-23-19-29-63(73)55-79(87(83)95-88(80)84)91(67-33-8-3-9-34-67)68-35-10-4-11-36-68/h3-58H,1-2H3. The van der Waals surface area contributed by atoms with Gasteiger partial charge in [0.2, 0.25) is 0 Å². The highest BCUT2D eigenvalue weighted by molar-refractivity contribution is 6.33. The topological polar surface area (TPSA) is 39.2 Å². The van der Waals surface area contributed by atoms with Crippen LogP contribution in [0.4, 0.5) is 68.2 Å². The van der Waals surface area contributed by atoms with E-state index in [0.29, 0.717) is 0 Å². The van der Waals surface area contributed by atoms with Crippen molar-refractivity contribution in [3.63, 3.8) is 0 Å². The van der Waals surface area contributed by atoms with Crippen LogP contribution in [-0.2, 0) is 0 Å². The summed E-state index contributed by atoms with van der Waals surface area (Å²) >= 11 is 0. The second-order valence-corrected chi connectivity index (χ2v) is 24.8. The SMILES string of the molecule is Cc1ccccc1N(c1ccccc1)c1cc2ccccc2c2c1oc1c(N(c3ccccc3)c3ccc(-c4ccc(N(c5ccccc5)c5cc6ccccc6c6c5oc5c(N(c7ccccc7)c7ccccc7)cc7ccccc7c56)cc4)cc3C)cc3ccccc3c12. The predicted octanol–water partition coefficient (Wildman–Crippen LogP) is 26.3. The van der Waals surface area contributed by atoms with Crippen LogP contribution >= 0.6 is 0 Å². The molecule has 6 heteroatoms. The van der Waals surface area contributed by atoms with Gasteiger partial charge >= 0.3 is 0 Å². The first-order valence-corrected chi connectivity index (χ1v) is 32.8. The molecule has 0 saturated carbocycles. The Balaban J connectivity index is 0.794. The molecule has 18 aromatic rings. The van der Waals surface area contributed by atoms with E-state index in [2.05, 4.69) is 373 Å². The molecule has 0 aliphatic heterocycles. The molecule has 0 bridgehead atoms. The average molecular weight is 1230 g/mol. The Kier molecular flexibility index (Phi) is 13.6. The van der Waals surface area contributed by atoms with Crippen molar-refractivity contribution in [3.8, 4) is 11.1 Å². The van der Waals surface area contributed by atoms with Crippen molar-refractivity contribution in [2.45, 2.75) is 13.8 Å². The molecular formula is C90H62N4O2. The number of anilines is 12. The van der Waals surface area contributed by atoms with Crippen LogP contribution in [0.3, 0.4) is 0 Å². The summed E-state index contributed by atoms with van der Waals surface area (Å²) in [5, 5.41) is 13.4. The third kappa shape index (κ3) is 9.33. The van der Waals surface area contributed by atoms with Crippen LogP contribution in [0.1, 0.15) is 11.1 Å². The van der Waals surface area contributed by atoms with Crippen LogP contribution in [-0.4, -0.2) is 0 Å². The number of hydrogen-bond donors (Lipinski definition) is 0. The Morgan fingerprint density at radius 2 is 0.469 bits per heavy atom. The monoisotopic (exact) mass is 1230 g/mol. The zero-order chi connectivity index (χ0) is 63.8. The molecule has 2 aromatic heterocycles. The van der Waals surface area contributed by atoms with Crippen molar-refractivity contribution in [1.29, 1.82) is 0 Å². The molecule has 0 spiro atoms. The smallest absolute Gasteiger partial charge is 0.160 e. The molecule has 96 heavy (non-hydrogen) atoms. The zero-order valence-corrected chi connectivity index (χ0v) is 52.9. The maximum atomic E-state index is 7.68. The first kappa shape index (κ1) is 56.1. The molecule has 454 valence electrons. The number of para-hydroxylation sites is 6. The van der Waals surface area contributed by atoms with Crippen molar-refractivity contribution in [2.24, 2.45) is 0 Å². The summed E-state index contributed by atoms with van der Waals surface area (Å²) in [7, 11) is 0. The van der Waals surface area contributed by atoms with E-state index in [1.165, 1.54) is 0 Å². The molecule has 0 N–H and O–H groups in total. The second kappa shape index (κ2) is 23.2. The number of nitrogens with zero attached hydrogens (tertiary/aromatic N) is 4. The summed E-state index contributed by atoms with van der Waals surface area (Å²) in [4.78, 5) is 9.44. The number of furan rings is 2. The minimum absolute atomic E-state index is 0.807. The molecule has 0 saturated heterocycles. The summed E-state index contributed by atoms with van der Waals surface area (Å²) in [6, 6.07) is 122. The van der Waals surface area contributed by atoms with Gasteiger partial charge in [-0.1, -0.05) is 224 Å². The van der Waals surface area contributed by atoms with Crippen LogP contribution in [0, 0.1) is 13.8 Å². The molecule has 0 aliphatic carbocycles. The third-order valence-corrected chi connectivity index (χ3v) is 19.1. The van der Waals surface area contributed by atoms with Crippen LogP contribution in [0.15, 0.2) is 349 Å². The van der Waals surface area contributed by atoms with Gasteiger partial charge in [-0.25, -0.2) is 0 Å². The van der Waals surface area contributed by atoms with Gasteiger partial charge in [0.25, 0.3) is 0 Å². The summed E-state index contributed by atoms with van der Waals surface area (Å²) in [6.45, 7) is 4.41. The molecule has 18 rings (SSSR count). The summed E-state index contributed by atoms with van der Waals surface area (Å²) < 4.78 is 15.3. The largest absolute Gasteiger partial charge is 0.452 e. The molecule has 6 nitrogen and oxygen atoms in total. The van der Waals surface area contributed by atoms with Gasteiger partial charge < -0.3 is 28.4 Å². The molecule has 0 aliphatic rings. The molecule has 0 fully saturated rings. The van der Waals surface area contributed by atoms with E-state index in [4.69, 9.17) is 8.83 Å². The lowest BCUT2D eigenvalue weighted by Crippen LogP contribution is -2.12. The lowest BCUT2D eigenvalue weighted by molar-refractivity contribution is 0.669. The minimum Gasteiger partial charge on any atom is -0.452 e. The molecule has 0 unspecified atom stereocenters. The number of aryl methyl sites for hydroxylation is 2. The van der Waals surface area contributed by atoms with Gasteiger partial charge in [0.15, 0.2) is 22.3 Å². The van der Waals surface area contributed by atoms with Gasteiger partial charge in [-0.2, -0.15) is 0 Å². The van der Waals surface area contributed by atoms with Gasteiger partial charge in [-0.3, -0.25) is 0 Å². The van der Waals surface area contributed by atoms with Gasteiger partial charge in [0, 0.05) is 67.0 Å². The van der Waals surface area contributed by atoms with E-state index in [9.17, 15) is 0 Å². The predicted molar refractivity (Wildman–Crippen MR) is 405 cm³/mol. The Morgan fingerprint density at radius 3 is 0.812 bits per heavy atom. The maximum absolute atomic E-state index is 7.68. The number of rotatable bonds is 13. The van der Waals surface area contributed by atoms with Crippen molar-refractivity contribution in [1.82, 2.24) is 0 Å². The Morgan fingerprint density at radius 1 is 0.198 bits per heavy atom. The van der Waals surface area contributed by atoms with Crippen molar-refractivity contribution in [3.05, 3.63) is 351 Å². The van der Waals surface area contributed by atoms with Crippen LogP contribution < -0.4 is 19.6 Å². The van der Waals surface area contributed by atoms with Crippen molar-refractivity contribution >= 4 is 155 Å². The summed E-state index contributed by atoms with van der Waals surface area (Å²) in [5.74, 6) is 0. The fraction of sp³-hybridized carbons (Fsp3) is 0.0222. The number of hydrogen-bond acceptors (Lipinski definition) is 6. The zero-order valence-electron chi connectivity index (χ0n) is 52.9. The minimum atomic E-state index is 0.807. The van der Waals surface area contributed by atoms with Gasteiger partial charge in [0.05, 0.1) is 22.7 Å². The van der Waals surface area contributed by atoms with Gasteiger partial charge in [-0.15, -0.1) is 0 Å². The third-order valence-electron chi connectivity index (χ3n) is 19.1. The van der Waals surface area contributed by atoms with E-state index in [0.717, 1.165) is 177 Å². The molecule has 2 heterocycles.